The molecule has 1 aliphatic rings. The summed E-state index contributed by atoms with van der Waals surface area (Å²) in [4.78, 5) is 22.2. The predicted octanol–water partition coefficient (Wildman–Crippen LogP) is 2.87. The molecule has 0 heterocycles. The van der Waals surface area contributed by atoms with E-state index in [0.29, 0.717) is 12.1 Å². The van der Waals surface area contributed by atoms with Crippen LogP contribution in [0.1, 0.15) is 34.5 Å². The van der Waals surface area contributed by atoms with Crippen molar-refractivity contribution in [1.82, 2.24) is 0 Å². The first-order valence-electron chi connectivity index (χ1n) is 7.29. The van der Waals surface area contributed by atoms with Crippen LogP contribution in [0.5, 0.6) is 0 Å². The fraction of sp³-hybridized carbons (Fsp3) is 0.235. The van der Waals surface area contributed by atoms with E-state index < -0.39 is 17.1 Å². The Balaban J connectivity index is 1.97. The van der Waals surface area contributed by atoms with Crippen molar-refractivity contribution in [2.24, 2.45) is 0 Å². The van der Waals surface area contributed by atoms with Gasteiger partial charge < -0.3 is 10.4 Å². The van der Waals surface area contributed by atoms with Crippen molar-refractivity contribution in [3.63, 3.8) is 0 Å². The van der Waals surface area contributed by atoms with Gasteiger partial charge in [-0.2, -0.15) is 0 Å². The number of aliphatic hydroxyl groups is 1. The Hall–Kier alpha value is -2.73. The molecule has 0 saturated carbocycles. The standard InChI is InChI=1S/C17H16N2O4/c1-10(20)11-6-7-14(15(8-11)19(22)23)18-17-13-5-3-2-4-12(13)9-16(17)21/h2-8,16-18,21H,9H2,1H3/t16-,17+/m0/s1. The van der Waals surface area contributed by atoms with Gasteiger partial charge in [0.1, 0.15) is 5.69 Å². The molecule has 0 bridgehead atoms. The first kappa shape index (κ1) is 15.2. The average Bonchev–Trinajstić information content (AvgIpc) is 2.83. The molecule has 0 saturated heterocycles. The summed E-state index contributed by atoms with van der Waals surface area (Å²) in [5.41, 5.74) is 2.37. The molecule has 118 valence electrons. The summed E-state index contributed by atoms with van der Waals surface area (Å²) in [6, 6.07) is 11.5. The number of carbonyl (C=O) groups is 1. The minimum absolute atomic E-state index is 0.172. The van der Waals surface area contributed by atoms with Gasteiger partial charge in [-0.05, 0) is 30.2 Å². The average molecular weight is 312 g/mol. The zero-order valence-corrected chi connectivity index (χ0v) is 12.5. The lowest BCUT2D eigenvalue weighted by Gasteiger charge is -2.19. The number of hydrogen-bond donors (Lipinski definition) is 2. The number of carbonyl (C=O) groups excluding carboxylic acids is 1. The van der Waals surface area contributed by atoms with E-state index >= 15 is 0 Å². The highest BCUT2D eigenvalue weighted by Gasteiger charge is 2.32. The quantitative estimate of drug-likeness (QED) is 0.514. The third-order valence-corrected chi connectivity index (χ3v) is 4.12. The second-order valence-electron chi connectivity index (χ2n) is 5.64. The number of Topliss-reactive ketones (excluding diaryl/α,β-unsaturated/α-hetero) is 1. The second-order valence-corrected chi connectivity index (χ2v) is 5.64. The lowest BCUT2D eigenvalue weighted by molar-refractivity contribution is -0.384. The maximum absolute atomic E-state index is 11.4. The summed E-state index contributed by atoms with van der Waals surface area (Å²) in [6.45, 7) is 1.36. The van der Waals surface area contributed by atoms with E-state index in [4.69, 9.17) is 0 Å². The summed E-state index contributed by atoms with van der Waals surface area (Å²) in [6.07, 6.45) is -0.146. The third kappa shape index (κ3) is 2.80. The molecule has 0 spiro atoms. The summed E-state index contributed by atoms with van der Waals surface area (Å²) in [5.74, 6) is -0.231. The Morgan fingerprint density at radius 1 is 1.30 bits per heavy atom. The van der Waals surface area contributed by atoms with Gasteiger partial charge in [0.25, 0.3) is 5.69 Å². The molecule has 2 atom stereocenters. The molecule has 0 aliphatic heterocycles. The highest BCUT2D eigenvalue weighted by Crippen LogP contribution is 2.36. The molecule has 0 amide bonds. The van der Waals surface area contributed by atoms with Gasteiger partial charge in [0.15, 0.2) is 5.78 Å². The van der Waals surface area contributed by atoms with Gasteiger partial charge >= 0.3 is 0 Å². The Morgan fingerprint density at radius 3 is 2.74 bits per heavy atom. The van der Waals surface area contributed by atoms with Gasteiger partial charge in [-0.15, -0.1) is 0 Å². The Morgan fingerprint density at radius 2 is 2.04 bits per heavy atom. The number of nitro groups is 1. The molecular formula is C17H16N2O4. The van der Waals surface area contributed by atoms with Crippen LogP contribution in [-0.4, -0.2) is 21.9 Å². The summed E-state index contributed by atoms with van der Waals surface area (Å²) in [5, 5.41) is 24.6. The molecule has 2 aromatic rings. The fourth-order valence-electron chi connectivity index (χ4n) is 2.94. The molecule has 3 rings (SSSR count). The van der Waals surface area contributed by atoms with Crippen molar-refractivity contribution >= 4 is 17.2 Å². The molecular weight excluding hydrogens is 296 g/mol. The molecule has 0 aromatic heterocycles. The van der Waals surface area contributed by atoms with Crippen LogP contribution in [0.15, 0.2) is 42.5 Å². The summed E-state index contributed by atoms with van der Waals surface area (Å²) >= 11 is 0. The van der Waals surface area contributed by atoms with Crippen LogP contribution in [-0.2, 0) is 6.42 Å². The first-order chi connectivity index (χ1) is 11.0. The van der Waals surface area contributed by atoms with Gasteiger partial charge in [-0.3, -0.25) is 14.9 Å². The van der Waals surface area contributed by atoms with Crippen LogP contribution in [0, 0.1) is 10.1 Å². The number of anilines is 1. The lowest BCUT2D eigenvalue weighted by Crippen LogP contribution is -2.21. The van der Waals surface area contributed by atoms with E-state index in [0.717, 1.165) is 11.1 Å². The van der Waals surface area contributed by atoms with Gasteiger partial charge in [-0.25, -0.2) is 0 Å². The number of rotatable bonds is 4. The minimum Gasteiger partial charge on any atom is -0.390 e. The number of ketones is 1. The molecule has 6 nitrogen and oxygen atoms in total. The Labute approximate surface area is 132 Å². The van der Waals surface area contributed by atoms with E-state index in [-0.39, 0.29) is 17.0 Å². The number of aliphatic hydroxyl groups excluding tert-OH is 1. The number of hydrogen-bond acceptors (Lipinski definition) is 5. The van der Waals surface area contributed by atoms with Crippen molar-refractivity contribution in [1.29, 1.82) is 0 Å². The van der Waals surface area contributed by atoms with Crippen molar-refractivity contribution < 1.29 is 14.8 Å². The Bertz CT molecular complexity index is 788. The van der Waals surface area contributed by atoms with Crippen LogP contribution < -0.4 is 5.32 Å². The molecule has 0 fully saturated rings. The van der Waals surface area contributed by atoms with Crippen molar-refractivity contribution in [3.05, 3.63) is 69.3 Å². The maximum Gasteiger partial charge on any atom is 0.293 e. The molecule has 6 heteroatoms. The molecule has 0 unspecified atom stereocenters. The van der Waals surface area contributed by atoms with Crippen LogP contribution in [0.2, 0.25) is 0 Å². The minimum atomic E-state index is -0.653. The number of nitrogens with one attached hydrogen (secondary N) is 1. The topological polar surface area (TPSA) is 92.5 Å². The van der Waals surface area contributed by atoms with E-state index in [1.807, 2.05) is 24.3 Å². The maximum atomic E-state index is 11.4. The van der Waals surface area contributed by atoms with E-state index in [1.54, 1.807) is 6.07 Å². The van der Waals surface area contributed by atoms with E-state index in [2.05, 4.69) is 5.32 Å². The van der Waals surface area contributed by atoms with Gasteiger partial charge in [0.05, 0.1) is 17.1 Å². The van der Waals surface area contributed by atoms with Crippen molar-refractivity contribution in [2.75, 3.05) is 5.32 Å². The number of fused-ring (bicyclic) bond motifs is 1. The van der Waals surface area contributed by atoms with Gasteiger partial charge in [0, 0.05) is 18.1 Å². The summed E-state index contributed by atoms with van der Waals surface area (Å²) in [7, 11) is 0. The van der Waals surface area contributed by atoms with Crippen molar-refractivity contribution in [3.8, 4) is 0 Å². The van der Waals surface area contributed by atoms with Gasteiger partial charge in [-0.1, -0.05) is 24.3 Å². The highest BCUT2D eigenvalue weighted by molar-refractivity contribution is 5.95. The van der Waals surface area contributed by atoms with Crippen LogP contribution >= 0.6 is 0 Å². The number of nitrogens with zero attached hydrogens (tertiary/aromatic N) is 1. The van der Waals surface area contributed by atoms with Crippen molar-refractivity contribution in [2.45, 2.75) is 25.5 Å². The van der Waals surface area contributed by atoms with Crippen LogP contribution in [0.4, 0.5) is 11.4 Å². The van der Waals surface area contributed by atoms with Gasteiger partial charge in [0.2, 0.25) is 0 Å². The van der Waals surface area contributed by atoms with Crippen LogP contribution in [0.3, 0.4) is 0 Å². The molecule has 2 aromatic carbocycles. The van der Waals surface area contributed by atoms with E-state index in [1.165, 1.54) is 19.1 Å². The fourth-order valence-corrected chi connectivity index (χ4v) is 2.94. The Kier molecular flexibility index (Phi) is 3.83. The molecule has 0 radical (unpaired) electrons. The zero-order valence-electron chi connectivity index (χ0n) is 12.5. The molecule has 1 aliphatic carbocycles. The number of nitro benzene ring substituents is 1. The zero-order chi connectivity index (χ0) is 16.6. The molecule has 23 heavy (non-hydrogen) atoms. The smallest absolute Gasteiger partial charge is 0.293 e. The first-order valence-corrected chi connectivity index (χ1v) is 7.29. The van der Waals surface area contributed by atoms with Crippen LogP contribution in [0.25, 0.3) is 0 Å². The number of benzene rings is 2. The largest absolute Gasteiger partial charge is 0.390 e. The summed E-state index contributed by atoms with van der Waals surface area (Å²) < 4.78 is 0. The lowest BCUT2D eigenvalue weighted by atomic mass is 10.1. The third-order valence-electron chi connectivity index (χ3n) is 4.12. The SMILES string of the molecule is CC(=O)c1ccc(N[C@@H]2c3ccccc3C[C@@H]2O)c([N+](=O)[O-])c1. The second kappa shape index (κ2) is 5.81. The monoisotopic (exact) mass is 312 g/mol. The highest BCUT2D eigenvalue weighted by atomic mass is 16.6. The molecule has 2 N–H and O–H groups in total. The van der Waals surface area contributed by atoms with E-state index in [9.17, 15) is 20.0 Å². The predicted molar refractivity (Wildman–Crippen MR) is 85.6 cm³/mol. The normalized spacial score (nSPS) is 19.2.